The van der Waals surface area contributed by atoms with E-state index in [1.54, 1.807) is 0 Å². The summed E-state index contributed by atoms with van der Waals surface area (Å²) < 4.78 is 33.6. The summed E-state index contributed by atoms with van der Waals surface area (Å²) in [7, 11) is -4.28. The van der Waals surface area contributed by atoms with Crippen LogP contribution in [0.4, 0.5) is 0 Å². The third-order valence-electron chi connectivity index (χ3n) is 11.2. The zero-order valence-electron chi connectivity index (χ0n) is 41.1. The average molecular weight is 906 g/mol. The van der Waals surface area contributed by atoms with Gasteiger partial charge in [0.2, 0.25) is 0 Å². The number of hydrogen-bond acceptors (Lipinski definition) is 7. The number of carbonyl (C=O) groups excluding carboxylic acids is 1. The third kappa shape index (κ3) is 51.1. The van der Waals surface area contributed by atoms with Gasteiger partial charge in [0, 0.05) is 19.6 Å². The fourth-order valence-corrected chi connectivity index (χ4v) is 8.14. The van der Waals surface area contributed by atoms with E-state index >= 15 is 0 Å². The van der Waals surface area contributed by atoms with Crippen LogP contribution in [-0.2, 0) is 27.9 Å². The summed E-state index contributed by atoms with van der Waals surface area (Å²) in [6.07, 6.45) is 64.0. The minimum absolute atomic E-state index is 0.0967. The van der Waals surface area contributed by atoms with Gasteiger partial charge in [0.1, 0.15) is 6.10 Å². The maximum atomic E-state index is 12.7. The lowest BCUT2D eigenvalue weighted by molar-refractivity contribution is -0.154. The molecule has 0 saturated heterocycles. The van der Waals surface area contributed by atoms with Gasteiger partial charge in [0.25, 0.3) is 0 Å². The number of phosphoric acid groups is 1. The quantitative estimate of drug-likeness (QED) is 0.0268. The van der Waals surface area contributed by atoms with E-state index in [2.05, 4.69) is 74.6 Å². The van der Waals surface area contributed by atoms with Crippen LogP contribution in [0.1, 0.15) is 239 Å². The number of carbonyl (C=O) groups is 1. The molecule has 2 unspecified atom stereocenters. The number of esters is 1. The lowest BCUT2D eigenvalue weighted by Crippen LogP contribution is -2.28. The molecular weight excluding hydrogens is 806 g/mol. The molecule has 0 aliphatic rings. The molecule has 0 aromatic heterocycles. The van der Waals surface area contributed by atoms with Crippen molar-refractivity contribution in [1.82, 2.24) is 0 Å². The molecule has 63 heavy (non-hydrogen) atoms. The van der Waals surface area contributed by atoms with Crippen LogP contribution in [0.3, 0.4) is 0 Å². The molecule has 2 atom stereocenters. The van der Waals surface area contributed by atoms with Crippen molar-refractivity contribution in [3.63, 3.8) is 0 Å². The van der Waals surface area contributed by atoms with Gasteiger partial charge < -0.3 is 20.1 Å². The highest BCUT2D eigenvalue weighted by Gasteiger charge is 2.25. The number of allylic oxidation sites excluding steroid dienone is 10. The molecule has 0 rings (SSSR count). The van der Waals surface area contributed by atoms with Crippen molar-refractivity contribution in [2.24, 2.45) is 5.73 Å². The number of rotatable bonds is 50. The highest BCUT2D eigenvalue weighted by molar-refractivity contribution is 7.47. The summed E-state index contributed by atoms with van der Waals surface area (Å²) in [5.74, 6) is -0.329. The fourth-order valence-electron chi connectivity index (χ4n) is 7.38. The number of hydrogen-bond donors (Lipinski definition) is 2. The summed E-state index contributed by atoms with van der Waals surface area (Å²) in [6.45, 7) is 4.83. The van der Waals surface area contributed by atoms with Crippen molar-refractivity contribution in [2.45, 2.75) is 245 Å². The Kier molecular flexibility index (Phi) is 49.7. The van der Waals surface area contributed by atoms with E-state index in [4.69, 9.17) is 24.3 Å². The molecule has 0 aromatic rings. The van der Waals surface area contributed by atoms with Crippen molar-refractivity contribution in [3.05, 3.63) is 60.8 Å². The molecule has 0 heterocycles. The minimum Gasteiger partial charge on any atom is -0.457 e. The Morgan fingerprint density at radius 1 is 0.492 bits per heavy atom. The normalized spacial score (nSPS) is 13.8. The molecule has 3 N–H and O–H groups in total. The molecule has 0 aliphatic carbocycles. The topological polar surface area (TPSA) is 117 Å². The van der Waals surface area contributed by atoms with E-state index in [0.29, 0.717) is 13.0 Å². The molecule has 8 nitrogen and oxygen atoms in total. The minimum atomic E-state index is -4.28. The van der Waals surface area contributed by atoms with Gasteiger partial charge in [-0.1, -0.05) is 235 Å². The van der Waals surface area contributed by atoms with Gasteiger partial charge in [-0.3, -0.25) is 13.8 Å². The van der Waals surface area contributed by atoms with Crippen molar-refractivity contribution in [2.75, 3.05) is 33.0 Å². The van der Waals surface area contributed by atoms with E-state index in [1.807, 2.05) is 0 Å². The summed E-state index contributed by atoms with van der Waals surface area (Å²) in [4.78, 5) is 22.6. The van der Waals surface area contributed by atoms with Crippen LogP contribution in [-0.4, -0.2) is 49.9 Å². The van der Waals surface area contributed by atoms with E-state index in [0.717, 1.165) is 64.2 Å². The smallest absolute Gasteiger partial charge is 0.457 e. The zero-order valence-corrected chi connectivity index (χ0v) is 42.0. The van der Waals surface area contributed by atoms with Crippen LogP contribution in [0.15, 0.2) is 60.8 Å². The Morgan fingerprint density at radius 3 is 1.33 bits per heavy atom. The van der Waals surface area contributed by atoms with Crippen LogP contribution in [0.25, 0.3) is 0 Å². The van der Waals surface area contributed by atoms with Gasteiger partial charge in [-0.2, -0.15) is 0 Å². The van der Waals surface area contributed by atoms with Gasteiger partial charge in [-0.25, -0.2) is 4.57 Å². The van der Waals surface area contributed by atoms with Crippen molar-refractivity contribution < 1.29 is 32.8 Å². The SMILES string of the molecule is CC/C=C\C/C=C\C/C=C\C/C=C\C/C=C\CCCCCCCCCCCCOCC(COP(=O)(O)OCCN)OC(=O)CCCCCCCCCCCCCCCCCCCC. The second-order valence-corrected chi connectivity index (χ2v) is 18.8. The first-order valence-electron chi connectivity index (χ1n) is 26.3. The molecule has 368 valence electrons. The predicted molar refractivity (Wildman–Crippen MR) is 270 cm³/mol. The maximum absolute atomic E-state index is 12.7. The first-order valence-corrected chi connectivity index (χ1v) is 27.8. The Hall–Kier alpha value is -1.80. The molecule has 0 fully saturated rings. The predicted octanol–water partition coefficient (Wildman–Crippen LogP) is 16.5. The first-order chi connectivity index (χ1) is 30.9. The Morgan fingerprint density at radius 2 is 0.889 bits per heavy atom. The van der Waals surface area contributed by atoms with Gasteiger partial charge in [-0.05, 0) is 57.8 Å². The number of phosphoric ester groups is 1. The number of ether oxygens (including phenoxy) is 2. The van der Waals surface area contributed by atoms with Gasteiger partial charge in [0.05, 0.1) is 19.8 Å². The molecule has 9 heteroatoms. The molecule has 0 amide bonds. The maximum Gasteiger partial charge on any atom is 0.472 e. The van der Waals surface area contributed by atoms with E-state index in [9.17, 15) is 14.3 Å². The molecule has 0 bridgehead atoms. The van der Waals surface area contributed by atoms with Gasteiger partial charge in [0.15, 0.2) is 0 Å². The largest absolute Gasteiger partial charge is 0.472 e. The zero-order chi connectivity index (χ0) is 45.8. The molecule has 0 aliphatic heterocycles. The Bertz CT molecular complexity index is 1150. The standard InChI is InChI=1S/C54H100NO7P/c1-3-5-7-9-11-13-15-17-19-21-23-24-25-26-27-28-29-30-32-34-36-38-40-42-44-46-49-59-51-53(52-61-63(57,58)60-50-48-55)62-54(56)47-45-43-41-39-37-35-33-31-22-20-18-16-14-12-10-8-6-4-2/h5,7,11,13,17,19,23-24,26-27,53H,3-4,6,8-10,12,14-16,18,20-22,25,28-52,55H2,1-2H3,(H,57,58)/b7-5-,13-11-,19-17-,24-23-,27-26-. The van der Waals surface area contributed by atoms with E-state index in [-0.39, 0.29) is 32.3 Å². The fraction of sp³-hybridized carbons (Fsp3) is 0.796. The lowest BCUT2D eigenvalue weighted by atomic mass is 10.0. The summed E-state index contributed by atoms with van der Waals surface area (Å²) in [5.41, 5.74) is 5.39. The summed E-state index contributed by atoms with van der Waals surface area (Å²) >= 11 is 0. The Balaban J connectivity index is 3.92. The van der Waals surface area contributed by atoms with Crippen LogP contribution in [0.2, 0.25) is 0 Å². The van der Waals surface area contributed by atoms with Gasteiger partial charge in [-0.15, -0.1) is 0 Å². The molecule has 0 saturated carbocycles. The summed E-state index contributed by atoms with van der Waals surface area (Å²) in [6, 6.07) is 0. The van der Waals surface area contributed by atoms with Crippen LogP contribution in [0.5, 0.6) is 0 Å². The van der Waals surface area contributed by atoms with Gasteiger partial charge >= 0.3 is 13.8 Å². The third-order valence-corrected chi connectivity index (χ3v) is 12.2. The monoisotopic (exact) mass is 906 g/mol. The molecule has 0 radical (unpaired) electrons. The van der Waals surface area contributed by atoms with Crippen molar-refractivity contribution in [3.8, 4) is 0 Å². The first kappa shape index (κ1) is 61.2. The van der Waals surface area contributed by atoms with E-state index in [1.165, 1.54) is 154 Å². The average Bonchev–Trinajstić information content (AvgIpc) is 3.28. The highest BCUT2D eigenvalue weighted by Crippen LogP contribution is 2.43. The molecular formula is C54H100NO7P. The van der Waals surface area contributed by atoms with Crippen LogP contribution in [0, 0.1) is 0 Å². The second-order valence-electron chi connectivity index (χ2n) is 17.4. The summed E-state index contributed by atoms with van der Waals surface area (Å²) in [5, 5.41) is 0. The molecule has 0 aromatic carbocycles. The molecule has 0 spiro atoms. The highest BCUT2D eigenvalue weighted by atomic mass is 31.2. The van der Waals surface area contributed by atoms with Crippen molar-refractivity contribution >= 4 is 13.8 Å². The lowest BCUT2D eigenvalue weighted by Gasteiger charge is -2.20. The second kappa shape index (κ2) is 51.2. The van der Waals surface area contributed by atoms with Crippen LogP contribution < -0.4 is 5.73 Å². The van der Waals surface area contributed by atoms with Crippen molar-refractivity contribution in [1.29, 1.82) is 0 Å². The Labute approximate surface area is 389 Å². The van der Waals surface area contributed by atoms with Crippen LogP contribution >= 0.6 is 7.82 Å². The van der Waals surface area contributed by atoms with E-state index < -0.39 is 13.9 Å². The number of nitrogens with two attached hydrogens (primary N) is 1. The number of unbranched alkanes of at least 4 members (excludes halogenated alkanes) is 27.